The predicted molar refractivity (Wildman–Crippen MR) is 91.6 cm³/mol. The Kier molecular flexibility index (Phi) is 5.63. The van der Waals surface area contributed by atoms with Gasteiger partial charge in [0.25, 0.3) is 0 Å². The number of fused-ring (bicyclic) bond motifs is 1. The van der Waals surface area contributed by atoms with Gasteiger partial charge in [-0.2, -0.15) is 0 Å². The summed E-state index contributed by atoms with van der Waals surface area (Å²) in [4.78, 5) is 11.6. The molecule has 3 rings (SSSR count). The van der Waals surface area contributed by atoms with Crippen molar-refractivity contribution < 1.29 is 48.9 Å². The van der Waals surface area contributed by atoms with Crippen LogP contribution in [0.4, 0.5) is 0 Å². The van der Waals surface area contributed by atoms with Crippen LogP contribution in [0.3, 0.4) is 0 Å². The first-order valence-corrected chi connectivity index (χ1v) is 8.22. The number of aromatic hydroxyl groups is 1. The molecule has 0 aliphatic carbocycles. The molecule has 5 unspecified atom stereocenters. The molecule has 11 heteroatoms. The second kappa shape index (κ2) is 7.81. The number of aliphatic hydroxyl groups excluding tert-OH is 4. The highest BCUT2D eigenvalue weighted by molar-refractivity contribution is 5.94. The van der Waals surface area contributed by atoms with Crippen LogP contribution in [0.15, 0.2) is 21.3 Å². The monoisotopic (exact) mass is 400 g/mol. The van der Waals surface area contributed by atoms with Crippen LogP contribution in [0.1, 0.15) is 0 Å². The average Bonchev–Trinajstić information content (AvgIpc) is 2.68. The molecule has 0 radical (unpaired) electrons. The molecule has 1 fully saturated rings. The Morgan fingerprint density at radius 1 is 1.00 bits per heavy atom. The molecule has 1 aliphatic heterocycles. The van der Waals surface area contributed by atoms with Gasteiger partial charge in [-0.25, -0.2) is 4.79 Å². The van der Waals surface area contributed by atoms with Crippen LogP contribution in [0.5, 0.6) is 23.0 Å². The number of hydrogen-bond acceptors (Lipinski definition) is 11. The number of benzene rings is 1. The van der Waals surface area contributed by atoms with E-state index in [0.717, 1.165) is 6.07 Å². The molecule has 1 aromatic heterocycles. The number of phenolic OH excluding ortho intramolecular Hbond substituents is 1. The minimum Gasteiger partial charge on any atom is -0.504 e. The molecule has 11 nitrogen and oxygen atoms in total. The van der Waals surface area contributed by atoms with E-state index in [1.807, 2.05) is 0 Å². The Balaban J connectivity index is 2.13. The van der Waals surface area contributed by atoms with Gasteiger partial charge in [-0.05, 0) is 6.07 Å². The third-order valence-corrected chi connectivity index (χ3v) is 4.41. The van der Waals surface area contributed by atoms with E-state index in [9.17, 15) is 30.3 Å². The summed E-state index contributed by atoms with van der Waals surface area (Å²) in [6.45, 7) is -0.656. The number of methoxy groups -OCH3 is 2. The Bertz CT molecular complexity index is 906. The van der Waals surface area contributed by atoms with Gasteiger partial charge in [0, 0.05) is 6.07 Å². The molecule has 1 aliphatic rings. The lowest BCUT2D eigenvalue weighted by atomic mass is 9.99. The highest BCUT2D eigenvalue weighted by atomic mass is 16.7. The summed E-state index contributed by atoms with van der Waals surface area (Å²) in [5.74, 6) is -1.07. The van der Waals surface area contributed by atoms with Crippen molar-refractivity contribution in [2.24, 2.45) is 0 Å². The summed E-state index contributed by atoms with van der Waals surface area (Å²) >= 11 is 0. The summed E-state index contributed by atoms with van der Waals surface area (Å²) in [6.07, 6.45) is -7.77. The minimum atomic E-state index is -1.71. The highest BCUT2D eigenvalue weighted by Gasteiger charge is 2.45. The zero-order valence-corrected chi connectivity index (χ0v) is 14.9. The van der Waals surface area contributed by atoms with Crippen molar-refractivity contribution in [1.82, 2.24) is 0 Å². The van der Waals surface area contributed by atoms with Gasteiger partial charge in [0.05, 0.1) is 26.2 Å². The molecule has 5 atom stereocenters. The lowest BCUT2D eigenvalue weighted by Crippen LogP contribution is -2.60. The van der Waals surface area contributed by atoms with Crippen molar-refractivity contribution in [3.05, 3.63) is 22.6 Å². The van der Waals surface area contributed by atoms with Crippen LogP contribution in [-0.2, 0) is 4.74 Å². The summed E-state index contributed by atoms with van der Waals surface area (Å²) in [5, 5.41) is 49.8. The molecule has 0 amide bonds. The zero-order chi connectivity index (χ0) is 20.6. The molecule has 154 valence electrons. The molecule has 0 spiro atoms. The molecular formula is C17H20O11. The Hall–Kier alpha value is -2.57. The van der Waals surface area contributed by atoms with Crippen molar-refractivity contribution in [2.75, 3.05) is 20.8 Å². The number of ether oxygens (including phenoxy) is 4. The van der Waals surface area contributed by atoms with Gasteiger partial charge < -0.3 is 48.9 Å². The van der Waals surface area contributed by atoms with Gasteiger partial charge in [-0.3, -0.25) is 0 Å². The number of phenols is 1. The quantitative estimate of drug-likeness (QED) is 0.378. The first-order valence-electron chi connectivity index (χ1n) is 8.22. The van der Waals surface area contributed by atoms with E-state index in [-0.39, 0.29) is 28.2 Å². The molecule has 2 heterocycles. The van der Waals surface area contributed by atoms with E-state index in [1.54, 1.807) is 0 Å². The molecule has 1 aromatic carbocycles. The van der Waals surface area contributed by atoms with Gasteiger partial charge in [0.2, 0.25) is 23.5 Å². The van der Waals surface area contributed by atoms with E-state index >= 15 is 0 Å². The Morgan fingerprint density at radius 2 is 1.68 bits per heavy atom. The van der Waals surface area contributed by atoms with Crippen LogP contribution in [0.2, 0.25) is 0 Å². The standard InChI is InChI=1S/C17H20O11/c1-24-14-9(20)6-3-4-8(19)27-13(6)15(25-2)16(14)28-17-12(23)11(22)10(21)7(5-18)26-17/h3-4,7,10-12,17-18,20-23H,5H2,1-2H3. The number of aliphatic hydroxyl groups is 4. The molecule has 0 bridgehead atoms. The van der Waals surface area contributed by atoms with E-state index in [4.69, 9.17) is 23.4 Å². The fourth-order valence-corrected chi connectivity index (χ4v) is 2.97. The summed E-state index contributed by atoms with van der Waals surface area (Å²) in [5.41, 5.74) is -0.859. The van der Waals surface area contributed by atoms with Gasteiger partial charge in [-0.1, -0.05) is 0 Å². The topological polar surface area (TPSA) is 168 Å². The van der Waals surface area contributed by atoms with E-state index < -0.39 is 48.7 Å². The van der Waals surface area contributed by atoms with Crippen molar-refractivity contribution in [3.8, 4) is 23.0 Å². The van der Waals surface area contributed by atoms with Crippen LogP contribution < -0.4 is 19.8 Å². The zero-order valence-electron chi connectivity index (χ0n) is 14.9. The van der Waals surface area contributed by atoms with E-state index in [0.29, 0.717) is 0 Å². The smallest absolute Gasteiger partial charge is 0.336 e. The number of rotatable bonds is 5. The third-order valence-electron chi connectivity index (χ3n) is 4.41. The third kappa shape index (κ3) is 3.23. The van der Waals surface area contributed by atoms with Crippen molar-refractivity contribution in [1.29, 1.82) is 0 Å². The van der Waals surface area contributed by atoms with Crippen LogP contribution in [0, 0.1) is 0 Å². The Morgan fingerprint density at radius 3 is 2.29 bits per heavy atom. The maximum absolute atomic E-state index is 11.6. The minimum absolute atomic E-state index is 0.106. The van der Waals surface area contributed by atoms with E-state index in [1.165, 1.54) is 20.3 Å². The second-order valence-electron chi connectivity index (χ2n) is 6.06. The Labute approximate surface area is 157 Å². The fraction of sp³-hybridized carbons (Fsp3) is 0.471. The normalized spacial score (nSPS) is 27.6. The van der Waals surface area contributed by atoms with Crippen molar-refractivity contribution >= 4 is 11.0 Å². The molecular weight excluding hydrogens is 380 g/mol. The highest BCUT2D eigenvalue weighted by Crippen LogP contribution is 2.50. The van der Waals surface area contributed by atoms with Gasteiger partial charge in [-0.15, -0.1) is 0 Å². The lowest BCUT2D eigenvalue weighted by Gasteiger charge is -2.39. The average molecular weight is 400 g/mol. The first kappa shape index (κ1) is 20.2. The second-order valence-corrected chi connectivity index (χ2v) is 6.06. The fourth-order valence-electron chi connectivity index (χ4n) is 2.97. The van der Waals surface area contributed by atoms with Gasteiger partial charge in [0.1, 0.15) is 24.4 Å². The predicted octanol–water partition coefficient (Wildman–Crippen LogP) is -1.31. The first-order chi connectivity index (χ1) is 13.3. The molecule has 1 saturated heterocycles. The maximum Gasteiger partial charge on any atom is 0.336 e. The van der Waals surface area contributed by atoms with Gasteiger partial charge >= 0.3 is 5.63 Å². The summed E-state index contributed by atoms with van der Waals surface area (Å²) < 4.78 is 26.4. The molecule has 28 heavy (non-hydrogen) atoms. The SMILES string of the molecule is COc1c(OC2OC(CO)C(O)C(O)C2O)c(OC)c2oc(=O)ccc2c1O. The van der Waals surface area contributed by atoms with Crippen molar-refractivity contribution in [2.45, 2.75) is 30.7 Å². The van der Waals surface area contributed by atoms with Gasteiger partial charge in [0.15, 0.2) is 11.3 Å². The molecule has 0 saturated carbocycles. The van der Waals surface area contributed by atoms with Crippen LogP contribution in [-0.4, -0.2) is 77.1 Å². The van der Waals surface area contributed by atoms with Crippen LogP contribution in [0.25, 0.3) is 11.0 Å². The largest absolute Gasteiger partial charge is 0.504 e. The van der Waals surface area contributed by atoms with Crippen LogP contribution >= 0.6 is 0 Å². The summed E-state index contributed by atoms with van der Waals surface area (Å²) in [6, 6.07) is 2.40. The molecule has 2 aromatic rings. The summed E-state index contributed by atoms with van der Waals surface area (Å²) in [7, 11) is 2.48. The number of hydrogen-bond donors (Lipinski definition) is 5. The lowest BCUT2D eigenvalue weighted by molar-refractivity contribution is -0.277. The molecule has 5 N–H and O–H groups in total. The maximum atomic E-state index is 11.6. The van der Waals surface area contributed by atoms with Crippen molar-refractivity contribution in [3.63, 3.8) is 0 Å². The van der Waals surface area contributed by atoms with E-state index in [2.05, 4.69) is 0 Å².